The van der Waals surface area contributed by atoms with Gasteiger partial charge in [-0.1, -0.05) is 12.2 Å². The lowest BCUT2D eigenvalue weighted by molar-refractivity contribution is 0.494. The summed E-state index contributed by atoms with van der Waals surface area (Å²) in [6, 6.07) is 1.37. The molecule has 0 radical (unpaired) electrons. The Morgan fingerprint density at radius 3 is 2.43 bits per heavy atom. The van der Waals surface area contributed by atoms with Crippen molar-refractivity contribution in [2.24, 2.45) is 0 Å². The summed E-state index contributed by atoms with van der Waals surface area (Å²) >= 11 is 0. The highest BCUT2D eigenvalue weighted by Gasteiger charge is 2.06. The van der Waals surface area contributed by atoms with Crippen LogP contribution in [0.2, 0.25) is 0 Å². The molecule has 0 fully saturated rings. The number of hydrogen-bond acceptors (Lipinski definition) is 1. The molecule has 1 rings (SSSR count). The summed E-state index contributed by atoms with van der Waals surface area (Å²) in [5.41, 5.74) is 0.0409. The maximum atomic E-state index is 13.0. The van der Waals surface area contributed by atoms with Crippen molar-refractivity contribution in [2.45, 2.75) is 0 Å². The Kier molecular flexibility index (Phi) is 3.71. The maximum absolute atomic E-state index is 13.0. The lowest BCUT2D eigenvalue weighted by atomic mass is 10.2. The first-order chi connectivity index (χ1) is 6.65. The smallest absolute Gasteiger partial charge is 0.161 e. The SMILES string of the molecule is CNCC=Cc1cc(F)c(F)cc1F. The third-order valence-electron chi connectivity index (χ3n) is 1.66. The fraction of sp³-hybridized carbons (Fsp3) is 0.200. The van der Waals surface area contributed by atoms with E-state index in [0.29, 0.717) is 12.6 Å². The molecule has 0 aliphatic heterocycles. The van der Waals surface area contributed by atoms with Crippen LogP contribution in [0.3, 0.4) is 0 Å². The average molecular weight is 201 g/mol. The van der Waals surface area contributed by atoms with Gasteiger partial charge in [-0.2, -0.15) is 0 Å². The van der Waals surface area contributed by atoms with E-state index in [1.165, 1.54) is 6.08 Å². The van der Waals surface area contributed by atoms with Crippen molar-refractivity contribution in [1.82, 2.24) is 5.32 Å². The molecule has 0 unspecified atom stereocenters. The van der Waals surface area contributed by atoms with Gasteiger partial charge in [0.1, 0.15) is 5.82 Å². The van der Waals surface area contributed by atoms with Crippen LogP contribution < -0.4 is 5.32 Å². The summed E-state index contributed by atoms with van der Waals surface area (Å²) < 4.78 is 38.2. The van der Waals surface area contributed by atoms with Gasteiger partial charge in [-0.3, -0.25) is 0 Å². The summed E-state index contributed by atoms with van der Waals surface area (Å²) in [6.07, 6.45) is 3.02. The highest BCUT2D eigenvalue weighted by molar-refractivity contribution is 5.50. The molecule has 0 saturated heterocycles. The Bertz CT molecular complexity index is 347. The van der Waals surface area contributed by atoms with Crippen LogP contribution in [0.15, 0.2) is 18.2 Å². The molecule has 0 bridgehead atoms. The molecular formula is C10H10F3N. The van der Waals surface area contributed by atoms with Gasteiger partial charge in [0, 0.05) is 18.2 Å². The molecule has 0 aliphatic carbocycles. The minimum Gasteiger partial charge on any atom is -0.316 e. The number of halogens is 3. The molecule has 1 N–H and O–H groups in total. The van der Waals surface area contributed by atoms with Gasteiger partial charge in [0.25, 0.3) is 0 Å². The molecule has 0 atom stereocenters. The molecule has 0 amide bonds. The first-order valence-electron chi connectivity index (χ1n) is 4.11. The minimum absolute atomic E-state index is 0.0409. The van der Waals surface area contributed by atoms with E-state index in [2.05, 4.69) is 5.32 Å². The number of likely N-dealkylation sites (N-methyl/N-ethyl adjacent to an activating group) is 1. The number of hydrogen-bond donors (Lipinski definition) is 1. The Morgan fingerprint density at radius 2 is 1.79 bits per heavy atom. The van der Waals surface area contributed by atoms with Gasteiger partial charge in [-0.05, 0) is 13.1 Å². The average Bonchev–Trinajstić information content (AvgIpc) is 2.14. The number of benzene rings is 1. The van der Waals surface area contributed by atoms with Crippen LogP contribution in [0.4, 0.5) is 13.2 Å². The van der Waals surface area contributed by atoms with Crippen molar-refractivity contribution in [3.63, 3.8) is 0 Å². The monoisotopic (exact) mass is 201 g/mol. The van der Waals surface area contributed by atoms with Crippen LogP contribution in [0.25, 0.3) is 6.08 Å². The van der Waals surface area contributed by atoms with Crippen molar-refractivity contribution in [3.8, 4) is 0 Å². The predicted octanol–water partition coefficient (Wildman–Crippen LogP) is 2.34. The first-order valence-corrected chi connectivity index (χ1v) is 4.11. The molecule has 14 heavy (non-hydrogen) atoms. The number of nitrogens with one attached hydrogen (secondary N) is 1. The molecule has 0 spiro atoms. The second-order valence-electron chi connectivity index (χ2n) is 2.75. The summed E-state index contributed by atoms with van der Waals surface area (Å²) in [7, 11) is 1.73. The fourth-order valence-corrected chi connectivity index (χ4v) is 0.969. The Hall–Kier alpha value is -1.29. The zero-order valence-electron chi connectivity index (χ0n) is 7.65. The lowest BCUT2D eigenvalue weighted by Gasteiger charge is -1.98. The van der Waals surface area contributed by atoms with Crippen LogP contribution in [0, 0.1) is 17.5 Å². The number of rotatable bonds is 3. The lowest BCUT2D eigenvalue weighted by Crippen LogP contribution is -2.03. The van der Waals surface area contributed by atoms with Gasteiger partial charge < -0.3 is 5.32 Å². The normalized spacial score (nSPS) is 11.1. The van der Waals surface area contributed by atoms with E-state index >= 15 is 0 Å². The van der Waals surface area contributed by atoms with Gasteiger partial charge >= 0.3 is 0 Å². The second kappa shape index (κ2) is 4.81. The van der Waals surface area contributed by atoms with Crippen LogP contribution in [-0.4, -0.2) is 13.6 Å². The zero-order chi connectivity index (χ0) is 10.6. The quantitative estimate of drug-likeness (QED) is 0.740. The molecule has 1 nitrogen and oxygen atoms in total. The highest BCUT2D eigenvalue weighted by atomic mass is 19.2. The summed E-state index contributed by atoms with van der Waals surface area (Å²) in [5, 5.41) is 2.81. The van der Waals surface area contributed by atoms with Crippen LogP contribution in [0.1, 0.15) is 5.56 Å². The molecule has 0 saturated carbocycles. The standard InChI is InChI=1S/C10H10F3N/c1-14-4-2-3-7-5-9(12)10(13)6-8(7)11/h2-3,5-6,14H,4H2,1H3. The van der Waals surface area contributed by atoms with Crippen LogP contribution >= 0.6 is 0 Å². The molecule has 0 aromatic heterocycles. The molecule has 0 heterocycles. The maximum Gasteiger partial charge on any atom is 0.161 e. The van der Waals surface area contributed by atoms with E-state index in [1.807, 2.05) is 0 Å². The topological polar surface area (TPSA) is 12.0 Å². The van der Waals surface area contributed by atoms with Crippen molar-refractivity contribution in [1.29, 1.82) is 0 Å². The van der Waals surface area contributed by atoms with Crippen LogP contribution in [-0.2, 0) is 0 Å². The predicted molar refractivity (Wildman–Crippen MR) is 49.3 cm³/mol. The largest absolute Gasteiger partial charge is 0.316 e. The van der Waals surface area contributed by atoms with Gasteiger partial charge in [-0.25, -0.2) is 13.2 Å². The molecule has 1 aromatic carbocycles. The molecule has 1 aromatic rings. The van der Waals surface area contributed by atoms with Gasteiger partial charge in [-0.15, -0.1) is 0 Å². The van der Waals surface area contributed by atoms with Crippen molar-refractivity contribution >= 4 is 6.08 Å². The molecule has 4 heteroatoms. The minimum atomic E-state index is -1.17. The second-order valence-corrected chi connectivity index (χ2v) is 2.75. The molecular weight excluding hydrogens is 191 g/mol. The van der Waals surface area contributed by atoms with Crippen LogP contribution in [0.5, 0.6) is 0 Å². The van der Waals surface area contributed by atoms with Gasteiger partial charge in [0.05, 0.1) is 0 Å². The summed E-state index contributed by atoms with van der Waals surface area (Å²) in [4.78, 5) is 0. The molecule has 76 valence electrons. The van der Waals surface area contributed by atoms with E-state index in [0.717, 1.165) is 6.07 Å². The first kappa shape index (κ1) is 10.8. The van der Waals surface area contributed by atoms with Gasteiger partial charge in [0.15, 0.2) is 11.6 Å². The fourth-order valence-electron chi connectivity index (χ4n) is 0.969. The zero-order valence-corrected chi connectivity index (χ0v) is 7.65. The highest BCUT2D eigenvalue weighted by Crippen LogP contribution is 2.14. The molecule has 0 aliphatic rings. The summed E-state index contributed by atoms with van der Waals surface area (Å²) in [5.74, 6) is -2.99. The Morgan fingerprint density at radius 1 is 1.14 bits per heavy atom. The van der Waals surface area contributed by atoms with Crippen molar-refractivity contribution in [2.75, 3.05) is 13.6 Å². The Labute approximate surface area is 80.2 Å². The van der Waals surface area contributed by atoms with E-state index in [9.17, 15) is 13.2 Å². The van der Waals surface area contributed by atoms with E-state index < -0.39 is 17.5 Å². The van der Waals surface area contributed by atoms with Gasteiger partial charge in [0.2, 0.25) is 0 Å². The Balaban J connectivity index is 2.92. The van der Waals surface area contributed by atoms with Crippen molar-refractivity contribution in [3.05, 3.63) is 41.2 Å². The van der Waals surface area contributed by atoms with E-state index in [-0.39, 0.29) is 5.56 Å². The third-order valence-corrected chi connectivity index (χ3v) is 1.66. The third kappa shape index (κ3) is 2.60. The summed E-state index contributed by atoms with van der Waals surface area (Å²) in [6.45, 7) is 0.540. The van der Waals surface area contributed by atoms with E-state index in [1.54, 1.807) is 13.1 Å². The van der Waals surface area contributed by atoms with Crippen molar-refractivity contribution < 1.29 is 13.2 Å². The van der Waals surface area contributed by atoms with E-state index in [4.69, 9.17) is 0 Å².